The molecule has 0 fully saturated rings. The predicted molar refractivity (Wildman–Crippen MR) is 85.2 cm³/mol. The van der Waals surface area contributed by atoms with E-state index in [0.717, 1.165) is 10.8 Å². The van der Waals surface area contributed by atoms with Crippen molar-refractivity contribution in [1.29, 1.82) is 0 Å². The predicted octanol–water partition coefficient (Wildman–Crippen LogP) is 3.98. The van der Waals surface area contributed by atoms with Gasteiger partial charge >= 0.3 is 5.97 Å². The normalized spacial score (nSPS) is 10.3. The largest absolute Gasteiger partial charge is 0.462 e. The number of ether oxygens (including phenoxy) is 1. The summed E-state index contributed by atoms with van der Waals surface area (Å²) < 4.78 is 5.06. The molecule has 0 aliphatic carbocycles. The lowest BCUT2D eigenvalue weighted by atomic mass is 10.3. The van der Waals surface area contributed by atoms with Crippen LogP contribution in [0.15, 0.2) is 30.3 Å². The lowest BCUT2D eigenvalue weighted by molar-refractivity contribution is 0.0531. The Kier molecular flexibility index (Phi) is 5.14. The standard InChI is InChI=1S/C14H15BrN2O2S/c1-3-19-13(18)12-11(9-15)16-14(20-12)17(2)10-7-5-4-6-8-10/h4-8H,3,9H2,1-2H3. The molecule has 0 spiro atoms. The van der Waals surface area contributed by atoms with Gasteiger partial charge in [-0.1, -0.05) is 45.5 Å². The zero-order chi connectivity index (χ0) is 14.5. The van der Waals surface area contributed by atoms with Gasteiger partial charge in [-0.15, -0.1) is 0 Å². The highest BCUT2D eigenvalue weighted by Gasteiger charge is 2.20. The van der Waals surface area contributed by atoms with Crippen LogP contribution in [0.3, 0.4) is 0 Å². The van der Waals surface area contributed by atoms with Crippen molar-refractivity contribution in [2.75, 3.05) is 18.6 Å². The third-order valence-electron chi connectivity index (χ3n) is 2.70. The van der Waals surface area contributed by atoms with E-state index in [0.29, 0.717) is 22.5 Å². The highest BCUT2D eigenvalue weighted by molar-refractivity contribution is 9.08. The third kappa shape index (κ3) is 3.19. The molecule has 0 N–H and O–H groups in total. The maximum absolute atomic E-state index is 11.9. The van der Waals surface area contributed by atoms with Crippen molar-refractivity contribution in [3.8, 4) is 0 Å². The molecule has 1 heterocycles. The van der Waals surface area contributed by atoms with E-state index in [1.807, 2.05) is 42.3 Å². The second kappa shape index (κ2) is 6.85. The maximum atomic E-state index is 11.9. The van der Waals surface area contributed by atoms with Crippen LogP contribution in [0.2, 0.25) is 0 Å². The highest BCUT2D eigenvalue weighted by Crippen LogP contribution is 2.31. The van der Waals surface area contributed by atoms with Gasteiger partial charge in [-0.25, -0.2) is 9.78 Å². The number of hydrogen-bond acceptors (Lipinski definition) is 5. The van der Waals surface area contributed by atoms with E-state index in [4.69, 9.17) is 4.74 Å². The number of thiazole rings is 1. The Balaban J connectivity index is 2.32. The van der Waals surface area contributed by atoms with Crippen LogP contribution in [0, 0.1) is 0 Å². The number of carbonyl (C=O) groups excluding carboxylic acids is 1. The molecular formula is C14H15BrN2O2S. The molecule has 2 rings (SSSR count). The Morgan fingerprint density at radius 1 is 1.40 bits per heavy atom. The van der Waals surface area contributed by atoms with Crippen molar-refractivity contribution in [1.82, 2.24) is 4.98 Å². The number of esters is 1. The minimum absolute atomic E-state index is 0.313. The number of rotatable bonds is 5. The summed E-state index contributed by atoms with van der Waals surface area (Å²) in [5.41, 5.74) is 1.74. The van der Waals surface area contributed by atoms with Crippen molar-refractivity contribution in [3.63, 3.8) is 0 Å². The summed E-state index contributed by atoms with van der Waals surface area (Å²) >= 11 is 4.71. The van der Waals surface area contributed by atoms with Crippen molar-refractivity contribution in [2.45, 2.75) is 12.3 Å². The fourth-order valence-electron chi connectivity index (χ4n) is 1.69. The molecule has 0 radical (unpaired) electrons. The minimum Gasteiger partial charge on any atom is -0.462 e. The Morgan fingerprint density at radius 2 is 2.10 bits per heavy atom. The van der Waals surface area contributed by atoms with Crippen LogP contribution >= 0.6 is 27.3 Å². The van der Waals surface area contributed by atoms with Gasteiger partial charge in [0, 0.05) is 18.1 Å². The Bertz CT molecular complexity index is 586. The minimum atomic E-state index is -0.313. The molecule has 0 aliphatic rings. The summed E-state index contributed by atoms with van der Waals surface area (Å²) in [4.78, 5) is 18.9. The van der Waals surface area contributed by atoms with Crippen LogP contribution in [0.25, 0.3) is 0 Å². The van der Waals surface area contributed by atoms with Crippen LogP contribution in [-0.2, 0) is 10.1 Å². The molecule has 20 heavy (non-hydrogen) atoms. The second-order valence-corrected chi connectivity index (χ2v) is 5.56. The van der Waals surface area contributed by atoms with Gasteiger partial charge in [0.15, 0.2) is 5.13 Å². The molecule has 0 bridgehead atoms. The topological polar surface area (TPSA) is 42.4 Å². The summed E-state index contributed by atoms with van der Waals surface area (Å²) in [5, 5.41) is 1.30. The van der Waals surface area contributed by atoms with E-state index in [1.54, 1.807) is 6.92 Å². The van der Waals surface area contributed by atoms with Crippen molar-refractivity contribution in [2.24, 2.45) is 0 Å². The average Bonchev–Trinajstić information content (AvgIpc) is 2.92. The molecule has 1 aromatic heterocycles. The quantitative estimate of drug-likeness (QED) is 0.601. The maximum Gasteiger partial charge on any atom is 0.350 e. The molecule has 0 atom stereocenters. The molecule has 0 unspecified atom stereocenters. The molecule has 106 valence electrons. The first kappa shape index (κ1) is 15.0. The van der Waals surface area contributed by atoms with E-state index >= 15 is 0 Å². The zero-order valence-corrected chi connectivity index (χ0v) is 13.7. The number of hydrogen-bond donors (Lipinski definition) is 0. The first-order valence-corrected chi connectivity index (χ1v) is 8.12. The number of halogens is 1. The van der Waals surface area contributed by atoms with Crippen LogP contribution in [0.5, 0.6) is 0 Å². The van der Waals surface area contributed by atoms with E-state index in [1.165, 1.54) is 11.3 Å². The summed E-state index contributed by atoms with van der Waals surface area (Å²) in [5.74, 6) is -0.313. The molecule has 0 saturated heterocycles. The van der Waals surface area contributed by atoms with Crippen LogP contribution in [-0.4, -0.2) is 24.6 Å². The first-order chi connectivity index (χ1) is 9.67. The van der Waals surface area contributed by atoms with Gasteiger partial charge in [-0.05, 0) is 19.1 Å². The molecule has 6 heteroatoms. The van der Waals surface area contributed by atoms with Gasteiger partial charge in [0.05, 0.1) is 12.3 Å². The van der Waals surface area contributed by atoms with Gasteiger partial charge in [0.1, 0.15) is 4.88 Å². The van der Waals surface area contributed by atoms with Crippen molar-refractivity contribution < 1.29 is 9.53 Å². The Hall–Kier alpha value is -1.40. The summed E-state index contributed by atoms with van der Waals surface area (Å²) in [7, 11) is 1.93. The number of para-hydroxylation sites is 1. The number of anilines is 2. The highest BCUT2D eigenvalue weighted by atomic mass is 79.9. The summed E-state index contributed by atoms with van der Waals surface area (Å²) in [6, 6.07) is 9.90. The third-order valence-corrected chi connectivity index (χ3v) is 4.39. The van der Waals surface area contributed by atoms with Gasteiger partial charge in [0.25, 0.3) is 0 Å². The zero-order valence-electron chi connectivity index (χ0n) is 11.3. The number of benzene rings is 1. The lowest BCUT2D eigenvalue weighted by Crippen LogP contribution is -2.08. The monoisotopic (exact) mass is 354 g/mol. The van der Waals surface area contributed by atoms with Crippen molar-refractivity contribution in [3.05, 3.63) is 40.9 Å². The fraction of sp³-hybridized carbons (Fsp3) is 0.286. The molecule has 0 aliphatic heterocycles. The van der Waals surface area contributed by atoms with Gasteiger partial charge in [0.2, 0.25) is 0 Å². The van der Waals surface area contributed by atoms with E-state index in [-0.39, 0.29) is 5.97 Å². The van der Waals surface area contributed by atoms with E-state index in [9.17, 15) is 4.79 Å². The number of carbonyl (C=O) groups is 1. The molecule has 1 aromatic carbocycles. The second-order valence-electron chi connectivity index (χ2n) is 4.02. The van der Waals surface area contributed by atoms with Crippen LogP contribution < -0.4 is 4.90 Å². The van der Waals surface area contributed by atoms with E-state index < -0.39 is 0 Å². The Labute approximate surface area is 130 Å². The fourth-order valence-corrected chi connectivity index (χ4v) is 3.24. The van der Waals surface area contributed by atoms with Gasteiger partial charge in [-0.3, -0.25) is 0 Å². The molecular weight excluding hydrogens is 340 g/mol. The number of nitrogens with zero attached hydrogens (tertiary/aromatic N) is 2. The summed E-state index contributed by atoms with van der Waals surface area (Å²) in [6.45, 7) is 2.16. The summed E-state index contributed by atoms with van der Waals surface area (Å²) in [6.07, 6.45) is 0. The molecule has 0 amide bonds. The lowest BCUT2D eigenvalue weighted by Gasteiger charge is -2.15. The molecule has 2 aromatic rings. The Morgan fingerprint density at radius 3 is 2.70 bits per heavy atom. The van der Waals surface area contributed by atoms with Gasteiger partial charge in [-0.2, -0.15) is 0 Å². The van der Waals surface area contributed by atoms with Crippen LogP contribution in [0.1, 0.15) is 22.3 Å². The molecule has 0 saturated carbocycles. The first-order valence-electron chi connectivity index (χ1n) is 6.19. The number of aromatic nitrogens is 1. The van der Waals surface area contributed by atoms with Crippen LogP contribution in [0.4, 0.5) is 10.8 Å². The SMILES string of the molecule is CCOC(=O)c1sc(N(C)c2ccccc2)nc1CBr. The smallest absolute Gasteiger partial charge is 0.350 e. The molecule has 4 nitrogen and oxygen atoms in total. The van der Waals surface area contributed by atoms with E-state index in [2.05, 4.69) is 20.9 Å². The average molecular weight is 355 g/mol. The van der Waals surface area contributed by atoms with Crippen molar-refractivity contribution >= 4 is 44.1 Å². The van der Waals surface area contributed by atoms with Gasteiger partial charge < -0.3 is 9.64 Å². The number of alkyl halides is 1.